The standard InChI is InChI=1S/C26H30F4N4O4/c1-32-9-11-33(12-10-32)22-7-6-19(31-15-18-5-8-23(37-2)21(27)13-18)14-20(22)24(35)34(16-17-3-4-17)38-25(36)26(28,29)30/h5-8,13-14,17,31H,3-4,9-12,15-16H2,1-2H3. The molecule has 1 aliphatic carbocycles. The molecule has 1 heterocycles. The Labute approximate surface area is 218 Å². The Morgan fingerprint density at radius 1 is 1.08 bits per heavy atom. The van der Waals surface area contributed by atoms with E-state index in [0.717, 1.165) is 25.9 Å². The topological polar surface area (TPSA) is 74.3 Å². The number of amides is 1. The molecule has 1 aliphatic heterocycles. The fourth-order valence-corrected chi connectivity index (χ4v) is 4.15. The van der Waals surface area contributed by atoms with Crippen molar-refractivity contribution in [2.45, 2.75) is 25.6 Å². The van der Waals surface area contributed by atoms with Crippen molar-refractivity contribution in [2.75, 3.05) is 57.1 Å². The number of hydrogen-bond acceptors (Lipinski definition) is 7. The van der Waals surface area contributed by atoms with Gasteiger partial charge in [0.25, 0.3) is 5.91 Å². The van der Waals surface area contributed by atoms with Crippen molar-refractivity contribution in [3.8, 4) is 5.75 Å². The molecule has 0 radical (unpaired) electrons. The summed E-state index contributed by atoms with van der Waals surface area (Å²) in [4.78, 5) is 33.9. The molecule has 2 aliphatic rings. The summed E-state index contributed by atoms with van der Waals surface area (Å²) in [5.41, 5.74) is 1.76. The van der Waals surface area contributed by atoms with Crippen LogP contribution in [0.1, 0.15) is 28.8 Å². The normalized spacial score (nSPS) is 16.2. The molecule has 12 heteroatoms. The Morgan fingerprint density at radius 2 is 1.79 bits per heavy atom. The van der Waals surface area contributed by atoms with Crippen molar-refractivity contribution in [1.82, 2.24) is 9.96 Å². The lowest BCUT2D eigenvalue weighted by molar-refractivity contribution is -0.229. The molecule has 38 heavy (non-hydrogen) atoms. The monoisotopic (exact) mass is 538 g/mol. The summed E-state index contributed by atoms with van der Waals surface area (Å²) >= 11 is 0. The highest BCUT2D eigenvalue weighted by atomic mass is 19.4. The third-order valence-corrected chi connectivity index (χ3v) is 6.56. The van der Waals surface area contributed by atoms with Crippen LogP contribution in [0.2, 0.25) is 0 Å². The zero-order valence-electron chi connectivity index (χ0n) is 21.2. The van der Waals surface area contributed by atoms with E-state index in [-0.39, 0.29) is 30.3 Å². The number of ether oxygens (including phenoxy) is 1. The van der Waals surface area contributed by atoms with Gasteiger partial charge < -0.3 is 24.7 Å². The quantitative estimate of drug-likeness (QED) is 0.401. The van der Waals surface area contributed by atoms with E-state index in [0.29, 0.717) is 35.1 Å². The van der Waals surface area contributed by atoms with E-state index in [4.69, 9.17) is 4.74 Å². The predicted octanol–water partition coefficient (Wildman–Crippen LogP) is 4.07. The van der Waals surface area contributed by atoms with E-state index in [9.17, 15) is 27.2 Å². The van der Waals surface area contributed by atoms with E-state index >= 15 is 0 Å². The average molecular weight is 539 g/mol. The number of hydrogen-bond donors (Lipinski definition) is 1. The maximum atomic E-state index is 14.1. The molecule has 2 aromatic carbocycles. The molecule has 1 N–H and O–H groups in total. The minimum Gasteiger partial charge on any atom is -0.494 e. The summed E-state index contributed by atoms with van der Waals surface area (Å²) in [7, 11) is 3.35. The number of nitrogens with one attached hydrogen (secondary N) is 1. The first-order valence-electron chi connectivity index (χ1n) is 12.3. The molecule has 0 aromatic heterocycles. The van der Waals surface area contributed by atoms with Gasteiger partial charge in [-0.2, -0.15) is 18.2 Å². The number of piperazine rings is 1. The van der Waals surface area contributed by atoms with Crippen LogP contribution in [0.5, 0.6) is 5.75 Å². The van der Waals surface area contributed by atoms with Crippen LogP contribution < -0.4 is 15.0 Å². The fraction of sp³-hybridized carbons (Fsp3) is 0.462. The van der Waals surface area contributed by atoms with Gasteiger partial charge in [0.15, 0.2) is 11.6 Å². The lowest BCUT2D eigenvalue weighted by atomic mass is 10.1. The summed E-state index contributed by atoms with van der Waals surface area (Å²) in [5.74, 6) is -3.71. The largest absolute Gasteiger partial charge is 0.494 e. The SMILES string of the molecule is COc1ccc(CNc2ccc(N3CCN(C)CC3)c(C(=O)N(CC3CC3)OC(=O)C(F)(F)F)c2)cc1F. The molecule has 2 aromatic rings. The summed E-state index contributed by atoms with van der Waals surface area (Å²) in [6, 6.07) is 9.51. The van der Waals surface area contributed by atoms with Crippen LogP contribution in [-0.4, -0.2) is 74.9 Å². The van der Waals surface area contributed by atoms with Gasteiger partial charge >= 0.3 is 12.1 Å². The van der Waals surface area contributed by atoms with Gasteiger partial charge in [-0.3, -0.25) is 4.79 Å². The molecule has 1 saturated carbocycles. The van der Waals surface area contributed by atoms with Crippen LogP contribution in [0.3, 0.4) is 0 Å². The Hall–Kier alpha value is -3.54. The molecule has 206 valence electrons. The highest BCUT2D eigenvalue weighted by Crippen LogP contribution is 2.33. The molecule has 0 spiro atoms. The summed E-state index contributed by atoms with van der Waals surface area (Å²) in [6.45, 7) is 2.80. The second kappa shape index (κ2) is 11.5. The Kier molecular flexibility index (Phi) is 8.29. The molecule has 1 amide bonds. The van der Waals surface area contributed by atoms with Gasteiger partial charge in [0, 0.05) is 44.1 Å². The van der Waals surface area contributed by atoms with Gasteiger partial charge in [0.2, 0.25) is 0 Å². The molecular weight excluding hydrogens is 508 g/mol. The van der Waals surface area contributed by atoms with Gasteiger partial charge in [0.1, 0.15) is 0 Å². The first kappa shape index (κ1) is 27.5. The zero-order valence-corrected chi connectivity index (χ0v) is 21.2. The zero-order chi connectivity index (χ0) is 27.4. The van der Waals surface area contributed by atoms with Crippen molar-refractivity contribution >= 4 is 23.3 Å². The van der Waals surface area contributed by atoms with Crippen LogP contribution >= 0.6 is 0 Å². The van der Waals surface area contributed by atoms with Crippen molar-refractivity contribution in [3.05, 3.63) is 53.3 Å². The molecule has 8 nitrogen and oxygen atoms in total. The first-order valence-corrected chi connectivity index (χ1v) is 12.3. The lowest BCUT2D eigenvalue weighted by Gasteiger charge is -2.35. The number of methoxy groups -OCH3 is 1. The number of benzene rings is 2. The van der Waals surface area contributed by atoms with E-state index in [2.05, 4.69) is 15.1 Å². The summed E-state index contributed by atoms with van der Waals surface area (Å²) in [5, 5.41) is 3.66. The third kappa shape index (κ3) is 6.85. The molecular formula is C26H30F4N4O4. The van der Waals surface area contributed by atoms with E-state index in [1.165, 1.54) is 25.3 Å². The molecule has 2 fully saturated rings. The predicted molar refractivity (Wildman–Crippen MR) is 132 cm³/mol. The number of carbonyl (C=O) groups is 2. The van der Waals surface area contributed by atoms with Crippen molar-refractivity contribution < 1.29 is 36.7 Å². The van der Waals surface area contributed by atoms with Crippen molar-refractivity contribution in [1.29, 1.82) is 0 Å². The van der Waals surface area contributed by atoms with Crippen molar-refractivity contribution in [2.24, 2.45) is 5.92 Å². The maximum absolute atomic E-state index is 14.1. The number of alkyl halides is 3. The van der Waals surface area contributed by atoms with Gasteiger partial charge in [-0.1, -0.05) is 6.07 Å². The molecule has 0 unspecified atom stereocenters. The van der Waals surface area contributed by atoms with Crippen LogP contribution in [0.4, 0.5) is 28.9 Å². The van der Waals surface area contributed by atoms with E-state index < -0.39 is 23.9 Å². The van der Waals surface area contributed by atoms with Crippen molar-refractivity contribution in [3.63, 3.8) is 0 Å². The minimum absolute atomic E-state index is 0.0293. The maximum Gasteiger partial charge on any atom is 0.493 e. The fourth-order valence-electron chi connectivity index (χ4n) is 4.15. The summed E-state index contributed by atoms with van der Waals surface area (Å²) < 4.78 is 57.9. The van der Waals surface area contributed by atoms with E-state index in [1.807, 2.05) is 11.9 Å². The highest BCUT2D eigenvalue weighted by Gasteiger charge is 2.44. The minimum atomic E-state index is -5.24. The number of anilines is 2. The van der Waals surface area contributed by atoms with Crippen LogP contribution in [0, 0.1) is 11.7 Å². The van der Waals surface area contributed by atoms with Crippen LogP contribution in [0.15, 0.2) is 36.4 Å². The second-order valence-corrected chi connectivity index (χ2v) is 9.53. The van der Waals surface area contributed by atoms with Gasteiger partial charge in [0.05, 0.1) is 19.2 Å². The van der Waals surface area contributed by atoms with Gasteiger partial charge in [-0.25, -0.2) is 9.18 Å². The number of rotatable bonds is 8. The second-order valence-electron chi connectivity index (χ2n) is 9.53. The molecule has 4 rings (SSSR count). The van der Waals surface area contributed by atoms with Crippen LogP contribution in [-0.2, 0) is 16.2 Å². The lowest BCUT2D eigenvalue weighted by Crippen LogP contribution is -2.45. The molecule has 0 atom stereocenters. The number of hydroxylamine groups is 2. The Morgan fingerprint density at radius 3 is 2.39 bits per heavy atom. The number of carbonyl (C=O) groups excluding carboxylic acids is 2. The number of halogens is 4. The summed E-state index contributed by atoms with van der Waals surface area (Å²) in [6.07, 6.45) is -3.77. The Bertz CT molecular complexity index is 1160. The van der Waals surface area contributed by atoms with Gasteiger partial charge in [-0.05, 0) is 61.7 Å². The average Bonchev–Trinajstić information content (AvgIpc) is 3.70. The number of likely N-dealkylation sites (N-methyl/N-ethyl adjacent to an activating group) is 1. The molecule has 1 saturated heterocycles. The first-order chi connectivity index (χ1) is 18.0. The Balaban J connectivity index is 1.61. The van der Waals surface area contributed by atoms with Gasteiger partial charge in [-0.15, -0.1) is 0 Å². The van der Waals surface area contributed by atoms with Crippen LogP contribution in [0.25, 0.3) is 0 Å². The third-order valence-electron chi connectivity index (χ3n) is 6.56. The highest BCUT2D eigenvalue weighted by molar-refractivity contribution is 6.01. The number of nitrogens with zero attached hydrogens (tertiary/aromatic N) is 3. The molecule has 0 bridgehead atoms. The smallest absolute Gasteiger partial charge is 0.493 e. The van der Waals surface area contributed by atoms with E-state index in [1.54, 1.807) is 18.2 Å².